The third-order valence-corrected chi connectivity index (χ3v) is 3.06. The summed E-state index contributed by atoms with van der Waals surface area (Å²) in [6.45, 7) is 0. The highest BCUT2D eigenvalue weighted by Crippen LogP contribution is 2.18. The highest BCUT2D eigenvalue weighted by atomic mass is 16.2. The molecule has 1 saturated heterocycles. The number of nitrogens with one attached hydrogen (secondary N) is 1. The molecule has 0 radical (unpaired) electrons. The maximum absolute atomic E-state index is 12.3. The number of carbonyl (C=O) groups is 2. The lowest BCUT2D eigenvalue weighted by molar-refractivity contribution is -0.121. The second kappa shape index (κ2) is 5.08. The third kappa shape index (κ3) is 2.80. The van der Waals surface area contributed by atoms with Crippen LogP contribution in [0.1, 0.15) is 36.0 Å². The lowest BCUT2D eigenvalue weighted by Gasteiger charge is -2.15. The van der Waals surface area contributed by atoms with Gasteiger partial charge in [-0.1, -0.05) is 6.42 Å². The summed E-state index contributed by atoms with van der Waals surface area (Å²) in [5.41, 5.74) is 12.7. The van der Waals surface area contributed by atoms with Gasteiger partial charge in [0.15, 0.2) is 5.78 Å². The molecular formula is C13H17N3O2. The van der Waals surface area contributed by atoms with Gasteiger partial charge in [0.05, 0.1) is 6.04 Å². The van der Waals surface area contributed by atoms with E-state index < -0.39 is 6.04 Å². The van der Waals surface area contributed by atoms with Crippen LogP contribution in [0.15, 0.2) is 18.2 Å². The zero-order valence-corrected chi connectivity index (χ0v) is 10.1. The average molecular weight is 247 g/mol. The number of ketones is 1. The summed E-state index contributed by atoms with van der Waals surface area (Å²) in [6, 6.07) is 4.33. The normalized spacial score (nSPS) is 20.0. The minimum absolute atomic E-state index is 0.0669. The van der Waals surface area contributed by atoms with Gasteiger partial charge in [0.1, 0.15) is 0 Å². The molecule has 2 rings (SSSR count). The van der Waals surface area contributed by atoms with Crippen LogP contribution in [0.2, 0.25) is 0 Å². The van der Waals surface area contributed by atoms with Gasteiger partial charge in [-0.2, -0.15) is 0 Å². The van der Waals surface area contributed by atoms with Crippen molar-refractivity contribution in [1.82, 2.24) is 5.32 Å². The van der Waals surface area contributed by atoms with Crippen molar-refractivity contribution >= 4 is 23.1 Å². The molecule has 18 heavy (non-hydrogen) atoms. The monoisotopic (exact) mass is 247 g/mol. The van der Waals surface area contributed by atoms with Gasteiger partial charge >= 0.3 is 0 Å². The lowest BCUT2D eigenvalue weighted by Crippen LogP contribution is -2.39. The van der Waals surface area contributed by atoms with Crippen molar-refractivity contribution in [3.63, 3.8) is 0 Å². The lowest BCUT2D eigenvalue weighted by atomic mass is 9.99. The Kier molecular flexibility index (Phi) is 3.50. The molecule has 0 aliphatic carbocycles. The molecule has 96 valence electrons. The van der Waals surface area contributed by atoms with Crippen molar-refractivity contribution in [2.75, 3.05) is 11.5 Å². The molecule has 1 unspecified atom stereocenters. The molecule has 5 heteroatoms. The van der Waals surface area contributed by atoms with Gasteiger partial charge in [0, 0.05) is 23.4 Å². The summed E-state index contributed by atoms with van der Waals surface area (Å²) in [4.78, 5) is 23.7. The van der Waals surface area contributed by atoms with Crippen LogP contribution < -0.4 is 16.8 Å². The topological polar surface area (TPSA) is 98.2 Å². The zero-order valence-electron chi connectivity index (χ0n) is 10.1. The molecule has 1 aliphatic heterocycles. The van der Waals surface area contributed by atoms with E-state index in [1.165, 1.54) is 0 Å². The smallest absolute Gasteiger partial charge is 0.220 e. The number of anilines is 2. The average Bonchev–Trinajstić information content (AvgIpc) is 2.51. The van der Waals surface area contributed by atoms with Crippen LogP contribution in [0.4, 0.5) is 11.4 Å². The van der Waals surface area contributed by atoms with Crippen molar-refractivity contribution < 1.29 is 9.59 Å². The highest BCUT2D eigenvalue weighted by Gasteiger charge is 2.24. The molecule has 0 spiro atoms. The van der Waals surface area contributed by atoms with Gasteiger partial charge in [-0.15, -0.1) is 0 Å². The molecule has 1 aromatic rings. The number of hydrogen-bond donors (Lipinski definition) is 3. The predicted molar refractivity (Wildman–Crippen MR) is 70.0 cm³/mol. The van der Waals surface area contributed by atoms with E-state index in [0.717, 1.165) is 12.8 Å². The van der Waals surface area contributed by atoms with Crippen molar-refractivity contribution in [2.45, 2.75) is 31.7 Å². The van der Waals surface area contributed by atoms with Gasteiger partial charge < -0.3 is 16.8 Å². The van der Waals surface area contributed by atoms with E-state index in [0.29, 0.717) is 29.8 Å². The van der Waals surface area contributed by atoms with Crippen LogP contribution in [0.25, 0.3) is 0 Å². The van der Waals surface area contributed by atoms with Crippen LogP contribution in [0.3, 0.4) is 0 Å². The van der Waals surface area contributed by atoms with Gasteiger partial charge in [-0.3, -0.25) is 9.59 Å². The Balaban J connectivity index is 2.21. The Hall–Kier alpha value is -2.04. The Morgan fingerprint density at radius 1 is 1.17 bits per heavy atom. The first-order chi connectivity index (χ1) is 8.56. The van der Waals surface area contributed by atoms with Crippen molar-refractivity contribution in [1.29, 1.82) is 0 Å². The number of Topliss-reactive ketones (excluding diaryl/α,β-unsaturated/α-hetero) is 1. The number of benzene rings is 1. The highest BCUT2D eigenvalue weighted by molar-refractivity contribution is 6.03. The number of amides is 1. The Morgan fingerprint density at radius 3 is 2.50 bits per heavy atom. The van der Waals surface area contributed by atoms with Gasteiger partial charge in [-0.25, -0.2) is 0 Å². The number of hydrogen-bond acceptors (Lipinski definition) is 4. The van der Waals surface area contributed by atoms with Crippen LogP contribution in [-0.4, -0.2) is 17.7 Å². The summed E-state index contributed by atoms with van der Waals surface area (Å²) >= 11 is 0. The van der Waals surface area contributed by atoms with Gasteiger partial charge in [-0.05, 0) is 31.0 Å². The third-order valence-electron chi connectivity index (χ3n) is 3.06. The summed E-state index contributed by atoms with van der Waals surface area (Å²) in [7, 11) is 0. The van der Waals surface area contributed by atoms with E-state index in [-0.39, 0.29) is 11.7 Å². The molecule has 1 fully saturated rings. The van der Waals surface area contributed by atoms with Gasteiger partial charge in [0.25, 0.3) is 0 Å². The van der Waals surface area contributed by atoms with E-state index in [2.05, 4.69) is 5.32 Å². The first-order valence-electron chi connectivity index (χ1n) is 6.06. The molecule has 5 nitrogen and oxygen atoms in total. The standard InChI is InChI=1S/C13H17N3O2/c14-9-5-8(6-10(15)7-9)13(18)11-3-1-2-4-12(17)16-11/h5-7,11H,1-4,14-15H2,(H,16,17). The molecule has 0 aromatic heterocycles. The number of nitrogens with two attached hydrogens (primary N) is 2. The first-order valence-corrected chi connectivity index (χ1v) is 6.06. The van der Waals surface area contributed by atoms with E-state index in [1.54, 1.807) is 18.2 Å². The number of nitrogen functional groups attached to an aromatic ring is 2. The summed E-state index contributed by atoms with van der Waals surface area (Å²) in [5, 5.41) is 2.75. The fourth-order valence-corrected chi connectivity index (χ4v) is 2.19. The molecular weight excluding hydrogens is 230 g/mol. The molecule has 5 N–H and O–H groups in total. The molecule has 1 heterocycles. The Bertz CT molecular complexity index is 465. The van der Waals surface area contributed by atoms with E-state index in [9.17, 15) is 9.59 Å². The fraction of sp³-hybridized carbons (Fsp3) is 0.385. The van der Waals surface area contributed by atoms with Crippen LogP contribution in [-0.2, 0) is 4.79 Å². The van der Waals surface area contributed by atoms with E-state index >= 15 is 0 Å². The van der Waals surface area contributed by atoms with Crippen LogP contribution >= 0.6 is 0 Å². The van der Waals surface area contributed by atoms with Crippen molar-refractivity contribution in [3.8, 4) is 0 Å². The zero-order chi connectivity index (χ0) is 13.1. The molecule has 1 amide bonds. The largest absolute Gasteiger partial charge is 0.399 e. The minimum atomic E-state index is -0.457. The number of rotatable bonds is 2. The molecule has 1 aromatic carbocycles. The predicted octanol–water partition coefficient (Wildman–Crippen LogP) is 1.09. The first kappa shape index (κ1) is 12.4. The quantitative estimate of drug-likeness (QED) is 0.538. The van der Waals surface area contributed by atoms with E-state index in [1.807, 2.05) is 0 Å². The second-order valence-corrected chi connectivity index (χ2v) is 4.62. The summed E-state index contributed by atoms with van der Waals surface area (Å²) < 4.78 is 0. The minimum Gasteiger partial charge on any atom is -0.399 e. The Labute approximate surface area is 106 Å². The fourth-order valence-electron chi connectivity index (χ4n) is 2.19. The second-order valence-electron chi connectivity index (χ2n) is 4.62. The molecule has 1 atom stereocenters. The summed E-state index contributed by atoms with van der Waals surface area (Å²) in [6.07, 6.45) is 2.85. The number of carbonyl (C=O) groups excluding carboxylic acids is 2. The van der Waals surface area contributed by atoms with Gasteiger partial charge in [0.2, 0.25) is 5.91 Å². The van der Waals surface area contributed by atoms with E-state index in [4.69, 9.17) is 11.5 Å². The van der Waals surface area contributed by atoms with Crippen LogP contribution in [0.5, 0.6) is 0 Å². The van der Waals surface area contributed by atoms with Crippen molar-refractivity contribution in [2.24, 2.45) is 0 Å². The molecule has 0 saturated carbocycles. The maximum Gasteiger partial charge on any atom is 0.220 e. The van der Waals surface area contributed by atoms with Crippen molar-refractivity contribution in [3.05, 3.63) is 23.8 Å². The molecule has 1 aliphatic rings. The summed E-state index contributed by atoms with van der Waals surface area (Å²) in [5.74, 6) is -0.188. The molecule has 0 bridgehead atoms. The maximum atomic E-state index is 12.3. The van der Waals surface area contributed by atoms with Crippen LogP contribution in [0, 0.1) is 0 Å². The Morgan fingerprint density at radius 2 is 1.83 bits per heavy atom. The SMILES string of the molecule is Nc1cc(N)cc(C(=O)C2CCCCC(=O)N2)c1.